The Labute approximate surface area is 228 Å². The highest BCUT2D eigenvalue weighted by molar-refractivity contribution is 5.85. The summed E-state index contributed by atoms with van der Waals surface area (Å²) in [4.78, 5) is 24.8. The van der Waals surface area contributed by atoms with Gasteiger partial charge in [-0.2, -0.15) is 0 Å². The van der Waals surface area contributed by atoms with Gasteiger partial charge in [0, 0.05) is 17.9 Å². The maximum Gasteiger partial charge on any atom is 0.331 e. The molecule has 0 unspecified atom stereocenters. The average molecular weight is 551 g/mol. The van der Waals surface area contributed by atoms with Gasteiger partial charge in [0.1, 0.15) is 31.2 Å². The van der Waals surface area contributed by atoms with Gasteiger partial charge in [-0.15, -0.1) is 0 Å². The van der Waals surface area contributed by atoms with Crippen molar-refractivity contribution in [2.24, 2.45) is 28.6 Å². The first kappa shape index (κ1) is 27.8. The SMILES string of the molecule is C[C@H]1O[C@H](O[C@H]2CC[C@]3(C=O)[C@H]4CC[C@]5(C)[C@@H](C6=CC(=O)OC6)CC[C@]5(O)[C@@H]4CC[C@]3(O)C2)[C@H](O)[C@H](O)[C@@H]1O. The van der Waals surface area contributed by atoms with Crippen molar-refractivity contribution in [3.63, 3.8) is 0 Å². The Morgan fingerprint density at radius 1 is 0.974 bits per heavy atom. The molecule has 5 N–H and O–H groups in total. The van der Waals surface area contributed by atoms with Gasteiger partial charge in [0.25, 0.3) is 0 Å². The van der Waals surface area contributed by atoms with Gasteiger partial charge in [0.2, 0.25) is 0 Å². The van der Waals surface area contributed by atoms with E-state index in [1.54, 1.807) is 13.0 Å². The van der Waals surface area contributed by atoms with Gasteiger partial charge in [-0.05, 0) is 81.6 Å². The van der Waals surface area contributed by atoms with Crippen LogP contribution in [-0.2, 0) is 23.8 Å². The normalized spacial score (nSPS) is 55.2. The van der Waals surface area contributed by atoms with E-state index in [0.29, 0.717) is 44.9 Å². The summed E-state index contributed by atoms with van der Waals surface area (Å²) in [5.41, 5.74) is -2.86. The standard InChI is InChI=1S/C29H42O10/c1-15-22(32)23(33)24(34)25(38-15)39-17-3-8-27(14-30)19-4-7-26(2)18(16-11-21(31)37-13-16)6-10-29(26,36)20(19)5-9-28(27,35)12-17/h11,14-15,17-20,22-25,32-36H,3-10,12-13H2,1-2H3/t15-,17+,18-,19+,20-,22-,23-,24-,25-,26-,27+,28+,29+/m1/s1. The van der Waals surface area contributed by atoms with Crippen LogP contribution < -0.4 is 0 Å². The van der Waals surface area contributed by atoms with Gasteiger partial charge in [0.15, 0.2) is 6.29 Å². The van der Waals surface area contributed by atoms with E-state index < -0.39 is 58.8 Å². The zero-order valence-corrected chi connectivity index (χ0v) is 22.7. The molecule has 218 valence electrons. The van der Waals surface area contributed by atoms with E-state index in [9.17, 15) is 35.1 Å². The van der Waals surface area contributed by atoms with Crippen molar-refractivity contribution >= 4 is 12.3 Å². The largest absolute Gasteiger partial charge is 0.458 e. The van der Waals surface area contributed by atoms with E-state index in [-0.39, 0.29) is 36.8 Å². The molecule has 6 rings (SSSR count). The number of hydrogen-bond donors (Lipinski definition) is 5. The lowest BCUT2D eigenvalue weighted by molar-refractivity contribution is -0.317. The number of aldehydes is 1. The molecule has 4 saturated carbocycles. The summed E-state index contributed by atoms with van der Waals surface area (Å²) in [5, 5.41) is 55.0. The van der Waals surface area contributed by atoms with Crippen molar-refractivity contribution in [2.75, 3.05) is 6.61 Å². The molecule has 6 aliphatic rings. The number of rotatable bonds is 4. The molecule has 0 aromatic carbocycles. The summed E-state index contributed by atoms with van der Waals surface area (Å²) >= 11 is 0. The monoisotopic (exact) mass is 550 g/mol. The van der Waals surface area contributed by atoms with Gasteiger partial charge in [0.05, 0.1) is 28.8 Å². The molecule has 0 aromatic heterocycles. The van der Waals surface area contributed by atoms with Gasteiger partial charge in [-0.3, -0.25) is 0 Å². The fourth-order valence-electron chi connectivity index (χ4n) is 9.75. The van der Waals surface area contributed by atoms with Crippen molar-refractivity contribution in [2.45, 2.75) is 120 Å². The third-order valence-electron chi connectivity index (χ3n) is 12.0. The van der Waals surface area contributed by atoms with Crippen LogP contribution in [0.5, 0.6) is 0 Å². The van der Waals surface area contributed by atoms with Gasteiger partial charge in [-0.25, -0.2) is 4.79 Å². The Bertz CT molecular complexity index is 1050. The molecule has 10 heteroatoms. The topological polar surface area (TPSA) is 163 Å². The Hall–Kier alpha value is -1.40. The summed E-state index contributed by atoms with van der Waals surface area (Å²) in [6.45, 7) is 3.98. The number of esters is 1. The van der Waals surface area contributed by atoms with Crippen LogP contribution in [0.3, 0.4) is 0 Å². The molecule has 10 nitrogen and oxygen atoms in total. The lowest BCUT2D eigenvalue weighted by Gasteiger charge is -2.65. The maximum atomic E-state index is 13.0. The van der Waals surface area contributed by atoms with Crippen LogP contribution in [0.4, 0.5) is 0 Å². The van der Waals surface area contributed by atoms with Crippen molar-refractivity contribution in [1.29, 1.82) is 0 Å². The predicted molar refractivity (Wildman–Crippen MR) is 135 cm³/mol. The Balaban J connectivity index is 1.22. The Kier molecular flexibility index (Phi) is 6.62. The smallest absolute Gasteiger partial charge is 0.331 e. The number of carbonyl (C=O) groups is 2. The van der Waals surface area contributed by atoms with Gasteiger partial charge in [-0.1, -0.05) is 6.92 Å². The molecule has 0 spiro atoms. The Morgan fingerprint density at radius 3 is 2.41 bits per heavy atom. The fraction of sp³-hybridized carbons (Fsp3) is 0.862. The molecule has 5 fully saturated rings. The van der Waals surface area contributed by atoms with Crippen LogP contribution in [-0.4, -0.2) is 92.4 Å². The summed E-state index contributed by atoms with van der Waals surface area (Å²) in [7, 11) is 0. The van der Waals surface area contributed by atoms with E-state index in [0.717, 1.165) is 18.3 Å². The lowest BCUT2D eigenvalue weighted by Crippen LogP contribution is -2.69. The van der Waals surface area contributed by atoms with Crippen LogP contribution in [0.2, 0.25) is 0 Å². The first-order valence-corrected chi connectivity index (χ1v) is 14.5. The lowest BCUT2D eigenvalue weighted by atomic mass is 9.41. The molecule has 13 atom stereocenters. The molecule has 39 heavy (non-hydrogen) atoms. The predicted octanol–water partition coefficient (Wildman–Crippen LogP) is 0.750. The van der Waals surface area contributed by atoms with Crippen LogP contribution in [0.15, 0.2) is 11.6 Å². The summed E-state index contributed by atoms with van der Waals surface area (Å²) in [6, 6.07) is 0. The molecule has 0 aromatic rings. The minimum atomic E-state index is -1.43. The second-order valence-electron chi connectivity index (χ2n) is 13.4. The van der Waals surface area contributed by atoms with E-state index >= 15 is 0 Å². The van der Waals surface area contributed by atoms with Gasteiger partial charge < -0.3 is 44.5 Å². The number of aliphatic hydroxyl groups excluding tert-OH is 3. The quantitative estimate of drug-likeness (QED) is 0.192. The number of fused-ring (bicyclic) bond motifs is 5. The molecule has 0 radical (unpaired) electrons. The number of aliphatic hydroxyl groups is 5. The van der Waals surface area contributed by atoms with E-state index in [4.69, 9.17) is 14.2 Å². The molecule has 0 bridgehead atoms. The third kappa shape index (κ3) is 3.78. The second-order valence-corrected chi connectivity index (χ2v) is 13.4. The molecular weight excluding hydrogens is 508 g/mol. The van der Waals surface area contributed by atoms with Crippen LogP contribution >= 0.6 is 0 Å². The highest BCUT2D eigenvalue weighted by Crippen LogP contribution is 2.70. The summed E-state index contributed by atoms with van der Waals surface area (Å²) in [6.07, 6.45) is 0.689. The van der Waals surface area contributed by atoms with Crippen LogP contribution in [0, 0.1) is 28.6 Å². The zero-order chi connectivity index (χ0) is 28.0. The molecule has 1 saturated heterocycles. The first-order chi connectivity index (χ1) is 18.4. The van der Waals surface area contributed by atoms with Crippen molar-refractivity contribution < 1.29 is 49.3 Å². The van der Waals surface area contributed by atoms with E-state index in [1.807, 2.05) is 0 Å². The highest BCUT2D eigenvalue weighted by atomic mass is 16.7. The summed E-state index contributed by atoms with van der Waals surface area (Å²) in [5.74, 6) is -0.616. The average Bonchev–Trinajstić information content (AvgIpc) is 3.45. The van der Waals surface area contributed by atoms with Gasteiger partial charge >= 0.3 is 5.97 Å². The highest BCUT2D eigenvalue weighted by Gasteiger charge is 2.71. The number of carbonyl (C=O) groups excluding carboxylic acids is 2. The van der Waals surface area contributed by atoms with Crippen LogP contribution in [0.25, 0.3) is 0 Å². The molecule has 2 heterocycles. The minimum absolute atomic E-state index is 0.0465. The first-order valence-electron chi connectivity index (χ1n) is 14.5. The fourth-order valence-corrected chi connectivity index (χ4v) is 9.75. The van der Waals surface area contributed by atoms with Crippen LogP contribution in [0.1, 0.15) is 71.6 Å². The Morgan fingerprint density at radius 2 is 1.72 bits per heavy atom. The number of cyclic esters (lactones) is 1. The van der Waals surface area contributed by atoms with Crippen molar-refractivity contribution in [3.8, 4) is 0 Å². The second kappa shape index (κ2) is 9.31. The van der Waals surface area contributed by atoms with Crippen molar-refractivity contribution in [1.82, 2.24) is 0 Å². The zero-order valence-electron chi connectivity index (χ0n) is 22.7. The minimum Gasteiger partial charge on any atom is -0.458 e. The number of hydrogen-bond acceptors (Lipinski definition) is 10. The maximum absolute atomic E-state index is 13.0. The molecule has 4 aliphatic carbocycles. The number of ether oxygens (including phenoxy) is 3. The third-order valence-corrected chi connectivity index (χ3v) is 12.0. The summed E-state index contributed by atoms with van der Waals surface area (Å²) < 4.78 is 16.9. The molecule has 0 amide bonds. The molecular formula is C29H42O10. The molecule has 2 aliphatic heterocycles. The van der Waals surface area contributed by atoms with E-state index in [2.05, 4.69) is 6.92 Å². The van der Waals surface area contributed by atoms with Crippen molar-refractivity contribution in [3.05, 3.63) is 11.6 Å². The van der Waals surface area contributed by atoms with E-state index in [1.165, 1.54) is 0 Å².